The Labute approximate surface area is 142 Å². The van der Waals surface area contributed by atoms with Crippen LogP contribution in [0.25, 0.3) is 10.8 Å². The summed E-state index contributed by atoms with van der Waals surface area (Å²) in [5.41, 5.74) is 1.39. The van der Waals surface area contributed by atoms with Crippen molar-refractivity contribution in [3.63, 3.8) is 0 Å². The predicted octanol–water partition coefficient (Wildman–Crippen LogP) is 6.08. The average Bonchev–Trinajstić information content (AvgIpc) is 2.52. The fraction of sp³-hybridized carbons (Fsp3) is 0.412. The van der Waals surface area contributed by atoms with Crippen molar-refractivity contribution in [2.75, 3.05) is 24.1 Å². The van der Waals surface area contributed by atoms with Gasteiger partial charge in [-0.15, -0.1) is 23.2 Å². The smallest absolute Gasteiger partial charge is 0.0227 e. The Hall–Kier alpha value is -0.0700. The van der Waals surface area contributed by atoms with Crippen LogP contribution in [0.2, 0.25) is 0 Å². The molecule has 21 heavy (non-hydrogen) atoms. The Morgan fingerprint density at radius 3 is 2.14 bits per heavy atom. The van der Waals surface area contributed by atoms with Crippen LogP contribution in [0.4, 0.5) is 0 Å². The molecule has 0 radical (unpaired) electrons. The SMILES string of the molecule is S=P(CCCCl)(CCCCl)Cc1cccc2ccccc12. The second-order valence-corrected chi connectivity index (χ2v) is 11.8. The number of benzene rings is 2. The summed E-state index contributed by atoms with van der Waals surface area (Å²) in [5.74, 6) is 1.41. The molecule has 2 aromatic rings. The molecule has 0 aromatic heterocycles. The highest BCUT2D eigenvalue weighted by Gasteiger charge is 2.18. The molecule has 0 atom stereocenters. The van der Waals surface area contributed by atoms with E-state index in [0.29, 0.717) is 11.8 Å². The lowest BCUT2D eigenvalue weighted by Crippen LogP contribution is -2.01. The minimum Gasteiger partial charge on any atom is -0.127 e. The van der Waals surface area contributed by atoms with Gasteiger partial charge in [0.15, 0.2) is 0 Å². The summed E-state index contributed by atoms with van der Waals surface area (Å²) >= 11 is 17.8. The highest BCUT2D eigenvalue weighted by molar-refractivity contribution is 8.14. The minimum absolute atomic E-state index is 0.703. The van der Waals surface area contributed by atoms with Crippen LogP contribution in [0.1, 0.15) is 18.4 Å². The first-order valence-corrected chi connectivity index (χ1v) is 11.8. The molecule has 0 spiro atoms. The third kappa shape index (κ3) is 4.96. The lowest BCUT2D eigenvalue weighted by Gasteiger charge is -2.22. The summed E-state index contributed by atoms with van der Waals surface area (Å²) in [7, 11) is 0. The maximum atomic E-state index is 6.07. The monoisotopic (exact) mass is 358 g/mol. The van der Waals surface area contributed by atoms with Gasteiger partial charge in [0.2, 0.25) is 0 Å². The van der Waals surface area contributed by atoms with Crippen LogP contribution in [0, 0.1) is 0 Å². The minimum atomic E-state index is -1.41. The highest BCUT2D eigenvalue weighted by atomic mass is 35.5. The van der Waals surface area contributed by atoms with E-state index in [1.165, 1.54) is 16.3 Å². The molecule has 0 heterocycles. The summed E-state index contributed by atoms with van der Waals surface area (Å²) in [5, 5.41) is 2.64. The number of alkyl halides is 2. The van der Waals surface area contributed by atoms with Gasteiger partial charge in [0, 0.05) is 17.9 Å². The van der Waals surface area contributed by atoms with Gasteiger partial charge in [-0.3, -0.25) is 0 Å². The van der Waals surface area contributed by atoms with Crippen LogP contribution in [0.5, 0.6) is 0 Å². The Balaban J connectivity index is 2.27. The summed E-state index contributed by atoms with van der Waals surface area (Å²) < 4.78 is 0. The number of rotatable bonds is 8. The van der Waals surface area contributed by atoms with E-state index >= 15 is 0 Å². The van der Waals surface area contributed by atoms with Crippen molar-refractivity contribution < 1.29 is 0 Å². The molecule has 2 aromatic carbocycles. The third-order valence-electron chi connectivity index (χ3n) is 3.74. The molecule has 0 saturated carbocycles. The first kappa shape index (κ1) is 17.3. The molecule has 0 aliphatic heterocycles. The van der Waals surface area contributed by atoms with Gasteiger partial charge in [-0.25, -0.2) is 0 Å². The molecular formula is C17H21Cl2PS. The van der Waals surface area contributed by atoms with Crippen LogP contribution in [-0.4, -0.2) is 24.1 Å². The first-order chi connectivity index (χ1) is 10.2. The molecule has 0 fully saturated rings. The maximum absolute atomic E-state index is 6.07. The number of halogens is 2. The quantitative estimate of drug-likeness (QED) is 0.407. The lowest BCUT2D eigenvalue weighted by molar-refractivity contribution is 1.05. The predicted molar refractivity (Wildman–Crippen MR) is 102 cm³/mol. The number of fused-ring (bicyclic) bond motifs is 1. The van der Waals surface area contributed by atoms with Crippen molar-refractivity contribution in [2.24, 2.45) is 0 Å². The topological polar surface area (TPSA) is 0 Å². The molecule has 4 heteroatoms. The van der Waals surface area contributed by atoms with Crippen LogP contribution in [-0.2, 0) is 18.0 Å². The van der Waals surface area contributed by atoms with Crippen molar-refractivity contribution in [2.45, 2.75) is 19.0 Å². The van der Waals surface area contributed by atoms with E-state index in [-0.39, 0.29) is 0 Å². The van der Waals surface area contributed by atoms with Gasteiger partial charge in [0.05, 0.1) is 0 Å². The zero-order valence-electron chi connectivity index (χ0n) is 12.1. The van der Waals surface area contributed by atoms with E-state index in [4.69, 9.17) is 35.0 Å². The van der Waals surface area contributed by atoms with Crippen molar-refractivity contribution >= 4 is 51.8 Å². The summed E-state index contributed by atoms with van der Waals surface area (Å²) in [6.45, 7) is 0. The fourth-order valence-corrected chi connectivity index (χ4v) is 7.44. The van der Waals surface area contributed by atoms with E-state index in [0.717, 1.165) is 31.3 Å². The van der Waals surface area contributed by atoms with Gasteiger partial charge in [-0.1, -0.05) is 54.3 Å². The van der Waals surface area contributed by atoms with Gasteiger partial charge < -0.3 is 0 Å². The van der Waals surface area contributed by atoms with Crippen LogP contribution < -0.4 is 0 Å². The van der Waals surface area contributed by atoms with Gasteiger partial charge in [-0.05, 0) is 47.5 Å². The van der Waals surface area contributed by atoms with Crippen LogP contribution >= 0.6 is 29.2 Å². The Morgan fingerprint density at radius 1 is 0.857 bits per heavy atom. The molecule has 0 nitrogen and oxygen atoms in total. The molecule has 0 aliphatic rings. The Morgan fingerprint density at radius 2 is 1.48 bits per heavy atom. The van der Waals surface area contributed by atoms with Crippen molar-refractivity contribution in [1.82, 2.24) is 0 Å². The Kier molecular flexibility index (Phi) is 7.02. The second-order valence-electron chi connectivity index (χ2n) is 5.39. The number of hydrogen-bond donors (Lipinski definition) is 0. The molecule has 2 rings (SSSR count). The third-order valence-corrected chi connectivity index (χ3v) is 8.93. The molecule has 0 bridgehead atoms. The van der Waals surface area contributed by atoms with Crippen LogP contribution in [0.15, 0.2) is 42.5 Å². The molecule has 114 valence electrons. The largest absolute Gasteiger partial charge is 0.127 e. The fourth-order valence-electron chi connectivity index (χ4n) is 2.71. The average molecular weight is 359 g/mol. The summed E-state index contributed by atoms with van der Waals surface area (Å²) in [4.78, 5) is 0. The highest BCUT2D eigenvalue weighted by Crippen LogP contribution is 2.51. The van der Waals surface area contributed by atoms with Crippen molar-refractivity contribution in [3.8, 4) is 0 Å². The normalized spacial score (nSPS) is 11.9. The van der Waals surface area contributed by atoms with Crippen LogP contribution in [0.3, 0.4) is 0 Å². The standard InChI is InChI=1S/C17H21Cl2PS/c18-10-4-12-20(21,13-5-11-19)14-16-8-3-7-15-6-1-2-9-17(15)16/h1-3,6-9H,4-5,10-14H2. The molecule has 0 unspecified atom stereocenters. The molecule has 0 N–H and O–H groups in total. The van der Waals surface area contributed by atoms with Crippen molar-refractivity contribution in [3.05, 3.63) is 48.0 Å². The number of hydrogen-bond acceptors (Lipinski definition) is 1. The molecular weight excluding hydrogens is 338 g/mol. The zero-order valence-corrected chi connectivity index (χ0v) is 15.3. The van der Waals surface area contributed by atoms with Gasteiger partial charge in [0.1, 0.15) is 0 Å². The first-order valence-electron chi connectivity index (χ1n) is 7.34. The van der Waals surface area contributed by atoms with E-state index in [1.807, 2.05) is 0 Å². The second kappa shape index (κ2) is 8.53. The van der Waals surface area contributed by atoms with E-state index in [1.54, 1.807) is 0 Å². The Bertz CT molecular complexity index is 610. The van der Waals surface area contributed by atoms with E-state index in [2.05, 4.69) is 42.5 Å². The molecule has 0 aliphatic carbocycles. The van der Waals surface area contributed by atoms with Crippen molar-refractivity contribution in [1.29, 1.82) is 0 Å². The van der Waals surface area contributed by atoms with Gasteiger partial charge in [0.25, 0.3) is 0 Å². The lowest BCUT2D eigenvalue weighted by atomic mass is 10.1. The van der Waals surface area contributed by atoms with Gasteiger partial charge >= 0.3 is 0 Å². The van der Waals surface area contributed by atoms with E-state index in [9.17, 15) is 0 Å². The zero-order chi connectivity index (χ0) is 15.1. The summed E-state index contributed by atoms with van der Waals surface area (Å²) in [6, 6.07) is 13.7. The molecule has 0 amide bonds. The van der Waals surface area contributed by atoms with E-state index < -0.39 is 6.04 Å². The van der Waals surface area contributed by atoms with Gasteiger partial charge in [-0.2, -0.15) is 0 Å². The molecule has 0 saturated heterocycles. The summed E-state index contributed by atoms with van der Waals surface area (Å²) in [6.07, 6.45) is 5.24. The maximum Gasteiger partial charge on any atom is 0.0227 e.